The lowest BCUT2D eigenvalue weighted by Gasteiger charge is -2.28. The molecule has 2 aromatic rings. The minimum Gasteiger partial charge on any atom is -0.379 e. The zero-order chi connectivity index (χ0) is 22.4. The molecule has 168 valence electrons. The van der Waals surface area contributed by atoms with Gasteiger partial charge in [0.1, 0.15) is 6.54 Å². The summed E-state index contributed by atoms with van der Waals surface area (Å²) in [5, 5.41) is 2.87. The third-order valence-corrected chi connectivity index (χ3v) is 7.37. The molecule has 1 fully saturated rings. The van der Waals surface area contributed by atoms with Crippen molar-refractivity contribution in [2.45, 2.75) is 25.7 Å². The Morgan fingerprint density at radius 3 is 2.42 bits per heavy atom. The molecule has 1 amide bonds. The Hall–Kier alpha value is -2.42. The first-order chi connectivity index (χ1) is 14.8. The van der Waals surface area contributed by atoms with E-state index in [9.17, 15) is 13.2 Å². The number of carbonyl (C=O) groups excluding carboxylic acids is 1. The van der Waals surface area contributed by atoms with Crippen LogP contribution in [0.3, 0.4) is 0 Å². The molecular formula is C23H31N3O4S. The predicted octanol–water partition coefficient (Wildman–Crippen LogP) is 2.26. The maximum Gasteiger partial charge on any atom is 0.264 e. The number of hydrogen-bond acceptors (Lipinski definition) is 5. The summed E-state index contributed by atoms with van der Waals surface area (Å²) in [5.41, 5.74) is 3.29. The van der Waals surface area contributed by atoms with Gasteiger partial charge in [-0.05, 0) is 50.1 Å². The number of amides is 1. The number of benzene rings is 2. The summed E-state index contributed by atoms with van der Waals surface area (Å²) in [6.45, 7) is 9.68. The third-order valence-electron chi connectivity index (χ3n) is 5.59. The molecule has 1 heterocycles. The number of morpholine rings is 1. The number of nitrogens with one attached hydrogen (secondary N) is 1. The van der Waals surface area contributed by atoms with Crippen LogP contribution in [0, 0.1) is 20.8 Å². The van der Waals surface area contributed by atoms with Crippen LogP contribution in [0.15, 0.2) is 47.4 Å². The van der Waals surface area contributed by atoms with Crippen molar-refractivity contribution >= 4 is 21.6 Å². The van der Waals surface area contributed by atoms with Gasteiger partial charge >= 0.3 is 0 Å². The summed E-state index contributed by atoms with van der Waals surface area (Å²) >= 11 is 0. The highest BCUT2D eigenvalue weighted by Gasteiger charge is 2.28. The molecule has 0 saturated carbocycles. The molecule has 3 rings (SSSR count). The fraction of sp³-hybridized carbons (Fsp3) is 0.435. The Kier molecular flexibility index (Phi) is 7.69. The number of sulfonamides is 1. The molecule has 1 aliphatic rings. The maximum absolute atomic E-state index is 13.5. The van der Waals surface area contributed by atoms with E-state index in [-0.39, 0.29) is 17.3 Å². The summed E-state index contributed by atoms with van der Waals surface area (Å²) in [5.74, 6) is -0.329. The van der Waals surface area contributed by atoms with Crippen LogP contribution in [0.25, 0.3) is 0 Å². The molecule has 1 N–H and O–H groups in total. The van der Waals surface area contributed by atoms with Gasteiger partial charge in [-0.3, -0.25) is 14.0 Å². The zero-order valence-corrected chi connectivity index (χ0v) is 19.2. The molecule has 8 heteroatoms. The van der Waals surface area contributed by atoms with Crippen molar-refractivity contribution < 1.29 is 17.9 Å². The lowest BCUT2D eigenvalue weighted by molar-refractivity contribution is -0.119. The van der Waals surface area contributed by atoms with Crippen molar-refractivity contribution in [3.63, 3.8) is 0 Å². The molecule has 0 unspecified atom stereocenters. The minimum absolute atomic E-state index is 0.167. The van der Waals surface area contributed by atoms with Gasteiger partial charge in [0.2, 0.25) is 5.91 Å². The minimum atomic E-state index is -3.91. The topological polar surface area (TPSA) is 79.0 Å². The molecular weight excluding hydrogens is 414 g/mol. The molecule has 0 atom stereocenters. The molecule has 7 nitrogen and oxygen atoms in total. The Balaban J connectivity index is 1.79. The van der Waals surface area contributed by atoms with E-state index < -0.39 is 10.0 Å². The van der Waals surface area contributed by atoms with Crippen LogP contribution in [0.5, 0.6) is 0 Å². The molecule has 0 radical (unpaired) electrons. The van der Waals surface area contributed by atoms with Crippen LogP contribution in [0.4, 0.5) is 5.69 Å². The lowest BCUT2D eigenvalue weighted by Crippen LogP contribution is -2.45. The summed E-state index contributed by atoms with van der Waals surface area (Å²) in [7, 11) is -3.91. The highest BCUT2D eigenvalue weighted by Crippen LogP contribution is 2.28. The van der Waals surface area contributed by atoms with Gasteiger partial charge in [0, 0.05) is 26.2 Å². The summed E-state index contributed by atoms with van der Waals surface area (Å²) in [4.78, 5) is 15.1. The van der Waals surface area contributed by atoms with Crippen LogP contribution in [-0.2, 0) is 19.6 Å². The number of nitrogens with zero attached hydrogens (tertiary/aromatic N) is 2. The molecule has 0 aromatic heterocycles. The standard InChI is InChI=1S/C23H31N3O4S/c1-18-7-9-21(10-8-18)31(28,29)26(22-6-4-5-19(2)20(22)3)17-23(27)24-11-12-25-13-15-30-16-14-25/h4-10H,11-17H2,1-3H3,(H,24,27). The van der Waals surface area contributed by atoms with Crippen molar-refractivity contribution in [1.82, 2.24) is 10.2 Å². The van der Waals surface area contributed by atoms with E-state index in [0.29, 0.717) is 32.0 Å². The summed E-state index contributed by atoms with van der Waals surface area (Å²) in [6.07, 6.45) is 0. The van der Waals surface area contributed by atoms with E-state index in [1.807, 2.05) is 32.9 Å². The van der Waals surface area contributed by atoms with E-state index in [4.69, 9.17) is 4.74 Å². The Morgan fingerprint density at radius 2 is 1.74 bits per heavy atom. The molecule has 0 bridgehead atoms. The number of hydrogen-bond donors (Lipinski definition) is 1. The van der Waals surface area contributed by atoms with E-state index in [1.165, 1.54) is 4.31 Å². The summed E-state index contributed by atoms with van der Waals surface area (Å²) in [6, 6.07) is 12.2. The monoisotopic (exact) mass is 445 g/mol. The fourth-order valence-corrected chi connectivity index (χ4v) is 4.99. The normalized spacial score (nSPS) is 14.9. The van der Waals surface area contributed by atoms with Crippen LogP contribution in [-0.4, -0.2) is 65.2 Å². The quantitative estimate of drug-likeness (QED) is 0.674. The van der Waals surface area contributed by atoms with Crippen molar-refractivity contribution in [3.05, 3.63) is 59.2 Å². The van der Waals surface area contributed by atoms with Gasteiger partial charge in [-0.2, -0.15) is 0 Å². The molecule has 0 aliphatic carbocycles. The van der Waals surface area contributed by atoms with Crippen LogP contribution in [0.1, 0.15) is 16.7 Å². The zero-order valence-electron chi connectivity index (χ0n) is 18.4. The Labute approximate surface area is 185 Å². The molecule has 31 heavy (non-hydrogen) atoms. The fourth-order valence-electron chi connectivity index (χ4n) is 3.51. The second kappa shape index (κ2) is 10.3. The number of carbonyl (C=O) groups is 1. The van der Waals surface area contributed by atoms with Gasteiger partial charge in [0.15, 0.2) is 0 Å². The molecule has 1 aliphatic heterocycles. The molecule has 2 aromatic carbocycles. The van der Waals surface area contributed by atoms with E-state index in [1.54, 1.807) is 30.3 Å². The second-order valence-electron chi connectivity index (χ2n) is 7.85. The Morgan fingerprint density at radius 1 is 1.06 bits per heavy atom. The number of rotatable bonds is 8. The van der Waals surface area contributed by atoms with Crippen molar-refractivity contribution in [3.8, 4) is 0 Å². The van der Waals surface area contributed by atoms with Gasteiger partial charge in [0.25, 0.3) is 10.0 Å². The Bertz CT molecular complexity index is 1000. The summed E-state index contributed by atoms with van der Waals surface area (Å²) < 4.78 is 33.5. The molecule has 0 spiro atoms. The first kappa shape index (κ1) is 23.2. The van der Waals surface area contributed by atoms with Gasteiger partial charge < -0.3 is 10.1 Å². The van der Waals surface area contributed by atoms with E-state index in [0.717, 1.165) is 29.8 Å². The van der Waals surface area contributed by atoms with Crippen molar-refractivity contribution in [2.24, 2.45) is 0 Å². The second-order valence-corrected chi connectivity index (χ2v) is 9.71. The average molecular weight is 446 g/mol. The number of anilines is 1. The molecule has 1 saturated heterocycles. The SMILES string of the molecule is Cc1ccc(S(=O)(=O)N(CC(=O)NCCN2CCOCC2)c2cccc(C)c2C)cc1. The van der Waals surface area contributed by atoms with Crippen LogP contribution < -0.4 is 9.62 Å². The predicted molar refractivity (Wildman–Crippen MR) is 122 cm³/mol. The first-order valence-electron chi connectivity index (χ1n) is 10.5. The largest absolute Gasteiger partial charge is 0.379 e. The lowest BCUT2D eigenvalue weighted by atomic mass is 10.1. The van der Waals surface area contributed by atoms with Crippen LogP contribution >= 0.6 is 0 Å². The van der Waals surface area contributed by atoms with E-state index in [2.05, 4.69) is 10.2 Å². The van der Waals surface area contributed by atoms with Gasteiger partial charge in [-0.25, -0.2) is 8.42 Å². The first-order valence-corrected chi connectivity index (χ1v) is 12.0. The average Bonchev–Trinajstić information content (AvgIpc) is 2.75. The van der Waals surface area contributed by atoms with Crippen molar-refractivity contribution in [2.75, 3.05) is 50.2 Å². The number of aryl methyl sites for hydroxylation is 2. The highest BCUT2D eigenvalue weighted by molar-refractivity contribution is 7.92. The highest BCUT2D eigenvalue weighted by atomic mass is 32.2. The van der Waals surface area contributed by atoms with Gasteiger partial charge in [-0.15, -0.1) is 0 Å². The smallest absolute Gasteiger partial charge is 0.264 e. The van der Waals surface area contributed by atoms with Gasteiger partial charge in [0.05, 0.1) is 23.8 Å². The number of ether oxygens (including phenoxy) is 1. The van der Waals surface area contributed by atoms with Crippen LogP contribution in [0.2, 0.25) is 0 Å². The maximum atomic E-state index is 13.5. The van der Waals surface area contributed by atoms with Crippen molar-refractivity contribution in [1.29, 1.82) is 0 Å². The van der Waals surface area contributed by atoms with Gasteiger partial charge in [-0.1, -0.05) is 29.8 Å². The third kappa shape index (κ3) is 5.84. The van der Waals surface area contributed by atoms with E-state index >= 15 is 0 Å².